The highest BCUT2D eigenvalue weighted by Crippen LogP contribution is 2.43. The maximum absolute atomic E-state index is 15.3. The number of phenols is 1. The molecular weight excluding hydrogens is 673 g/mol. The minimum atomic E-state index is -0.405. The van der Waals surface area contributed by atoms with E-state index >= 15 is 4.39 Å². The van der Waals surface area contributed by atoms with Crippen molar-refractivity contribution < 1.29 is 19.0 Å². The van der Waals surface area contributed by atoms with Gasteiger partial charge in [0.1, 0.15) is 24.0 Å². The van der Waals surface area contributed by atoms with Crippen LogP contribution in [0.5, 0.6) is 11.8 Å². The summed E-state index contributed by atoms with van der Waals surface area (Å²) in [5, 5.41) is 22.5. The molecule has 3 aliphatic heterocycles. The number of fused-ring (bicyclic) bond motifs is 6. The second kappa shape index (κ2) is 12.5. The molecule has 0 radical (unpaired) electrons. The van der Waals surface area contributed by atoms with Gasteiger partial charge in [-0.15, -0.1) is 0 Å². The summed E-state index contributed by atoms with van der Waals surface area (Å²) in [5.41, 5.74) is 5.13. The number of aryl methyl sites for hydroxylation is 2. The fourth-order valence-corrected chi connectivity index (χ4v) is 8.96. The van der Waals surface area contributed by atoms with Gasteiger partial charge in [-0.1, -0.05) is 18.7 Å². The molecule has 13 heteroatoms. The van der Waals surface area contributed by atoms with E-state index in [9.17, 15) is 9.90 Å². The Morgan fingerprint density at radius 1 is 1.06 bits per heavy atom. The first-order chi connectivity index (χ1) is 25.7. The van der Waals surface area contributed by atoms with Crippen LogP contribution in [-0.2, 0) is 13.1 Å². The maximum atomic E-state index is 15.3. The topological polar surface area (TPSA) is 117 Å². The number of anilines is 1. The van der Waals surface area contributed by atoms with Gasteiger partial charge in [-0.25, -0.2) is 8.91 Å². The van der Waals surface area contributed by atoms with E-state index in [1.165, 1.54) is 17.0 Å². The molecule has 9 rings (SSSR count). The fraction of sp³-hybridized carbons (Fsp3) is 0.375. The van der Waals surface area contributed by atoms with Gasteiger partial charge in [0.25, 0.3) is 5.91 Å². The van der Waals surface area contributed by atoms with Crippen LogP contribution in [0.3, 0.4) is 0 Å². The summed E-state index contributed by atoms with van der Waals surface area (Å²) in [6.45, 7) is 10.4. The molecular formula is C40H42FN9O3. The van der Waals surface area contributed by atoms with E-state index in [2.05, 4.69) is 21.5 Å². The van der Waals surface area contributed by atoms with Crippen molar-refractivity contribution in [1.82, 2.24) is 39.2 Å². The normalized spacial score (nSPS) is 17.0. The Kier molecular flexibility index (Phi) is 7.88. The van der Waals surface area contributed by atoms with Gasteiger partial charge in [0.05, 0.1) is 46.1 Å². The van der Waals surface area contributed by atoms with Gasteiger partial charge >= 0.3 is 6.01 Å². The van der Waals surface area contributed by atoms with Crippen LogP contribution in [0.2, 0.25) is 0 Å². The monoisotopic (exact) mass is 715 g/mol. The van der Waals surface area contributed by atoms with Crippen LogP contribution in [0.4, 0.5) is 10.2 Å². The molecule has 2 fully saturated rings. The smallest absolute Gasteiger partial charge is 0.319 e. The van der Waals surface area contributed by atoms with Crippen LogP contribution in [0.25, 0.3) is 44.5 Å². The number of aromatic hydroxyl groups is 1. The largest absolute Gasteiger partial charge is 0.508 e. The lowest BCUT2D eigenvalue weighted by molar-refractivity contribution is 0.0821. The Morgan fingerprint density at radius 3 is 2.64 bits per heavy atom. The molecule has 272 valence electrons. The molecule has 2 aromatic carbocycles. The van der Waals surface area contributed by atoms with E-state index in [0.29, 0.717) is 76.9 Å². The number of carbonyl (C=O) groups is 1. The maximum Gasteiger partial charge on any atom is 0.319 e. The number of hydrogen-bond acceptors (Lipinski definition) is 9. The summed E-state index contributed by atoms with van der Waals surface area (Å²) < 4.78 is 25.7. The van der Waals surface area contributed by atoms with Gasteiger partial charge < -0.3 is 19.6 Å². The fourth-order valence-electron chi connectivity index (χ4n) is 8.96. The van der Waals surface area contributed by atoms with E-state index < -0.39 is 5.82 Å². The van der Waals surface area contributed by atoms with E-state index in [0.717, 1.165) is 67.4 Å². The molecule has 1 N–H and O–H groups in total. The van der Waals surface area contributed by atoms with Crippen LogP contribution in [-0.4, -0.2) is 96.1 Å². The third-order valence-electron chi connectivity index (χ3n) is 11.5. The van der Waals surface area contributed by atoms with Crippen LogP contribution in [0.15, 0.2) is 49.2 Å². The number of halogens is 1. The van der Waals surface area contributed by atoms with E-state index in [-0.39, 0.29) is 17.2 Å². The molecule has 3 aliphatic rings. The summed E-state index contributed by atoms with van der Waals surface area (Å²) >= 11 is 0. The van der Waals surface area contributed by atoms with Crippen molar-refractivity contribution in [3.63, 3.8) is 0 Å². The van der Waals surface area contributed by atoms with Crippen molar-refractivity contribution in [2.24, 2.45) is 0 Å². The van der Waals surface area contributed by atoms with E-state index in [1.807, 2.05) is 28.3 Å². The van der Waals surface area contributed by atoms with Gasteiger partial charge in [-0.05, 0) is 87.8 Å². The second-order valence-corrected chi connectivity index (χ2v) is 14.8. The quantitative estimate of drug-likeness (QED) is 0.206. The molecule has 0 spiro atoms. The van der Waals surface area contributed by atoms with Crippen LogP contribution >= 0.6 is 0 Å². The van der Waals surface area contributed by atoms with Gasteiger partial charge in [-0.3, -0.25) is 14.4 Å². The number of nitrogens with zero attached hydrogens (tertiary/aromatic N) is 9. The van der Waals surface area contributed by atoms with Gasteiger partial charge in [0, 0.05) is 49.3 Å². The number of carbonyl (C=O) groups excluding carboxylic acids is 1. The minimum Gasteiger partial charge on any atom is -0.508 e. The van der Waals surface area contributed by atoms with Crippen molar-refractivity contribution in [3.8, 4) is 23.0 Å². The molecule has 0 aliphatic carbocycles. The molecule has 53 heavy (non-hydrogen) atoms. The van der Waals surface area contributed by atoms with Crippen molar-refractivity contribution in [2.75, 3.05) is 45.2 Å². The first-order valence-corrected chi connectivity index (χ1v) is 18.3. The number of benzene rings is 2. The lowest BCUT2D eigenvalue weighted by Crippen LogP contribution is -2.43. The zero-order valence-electron chi connectivity index (χ0n) is 30.3. The molecule has 0 saturated carbocycles. The van der Waals surface area contributed by atoms with E-state index in [1.54, 1.807) is 38.5 Å². The summed E-state index contributed by atoms with van der Waals surface area (Å²) in [5.74, 6) is 0.200. The zero-order chi connectivity index (χ0) is 36.6. The van der Waals surface area contributed by atoms with Crippen LogP contribution in [0.1, 0.15) is 59.4 Å². The van der Waals surface area contributed by atoms with Gasteiger partial charge in [0.2, 0.25) is 0 Å². The Bertz CT molecular complexity index is 2460. The molecule has 4 aromatic heterocycles. The summed E-state index contributed by atoms with van der Waals surface area (Å²) in [4.78, 5) is 29.5. The highest BCUT2D eigenvalue weighted by atomic mass is 19.1. The molecule has 1 amide bonds. The highest BCUT2D eigenvalue weighted by Gasteiger charge is 2.45. The molecule has 2 saturated heterocycles. The van der Waals surface area contributed by atoms with Gasteiger partial charge in [0.15, 0.2) is 5.69 Å². The second-order valence-electron chi connectivity index (χ2n) is 14.8. The SMILES string of the molecule is C=Cc1c(F)ccc2cc(O)cc(-c3c(C)c4nc(OCC56CCCN5CCC6)nc(N5CCCn6nc(C(=O)N(C)C)cc6C5)c4c4ccnn34)c12. The van der Waals surface area contributed by atoms with Crippen molar-refractivity contribution in [3.05, 3.63) is 77.5 Å². The number of phenolic OH excluding ortho intramolecular Hbond substituents is 1. The molecule has 7 heterocycles. The molecule has 12 nitrogen and oxygen atoms in total. The third-order valence-corrected chi connectivity index (χ3v) is 11.5. The molecule has 6 aromatic rings. The Hall–Kier alpha value is -5.56. The number of pyridine rings is 1. The molecule has 0 atom stereocenters. The predicted molar refractivity (Wildman–Crippen MR) is 202 cm³/mol. The highest BCUT2D eigenvalue weighted by molar-refractivity contribution is 6.09. The Labute approximate surface area is 306 Å². The third kappa shape index (κ3) is 5.31. The Morgan fingerprint density at radius 2 is 1.87 bits per heavy atom. The van der Waals surface area contributed by atoms with E-state index in [4.69, 9.17) is 19.8 Å². The Balaban J connectivity index is 1.26. The standard InChI is InChI=1S/C40H42FN9O3/c1-5-28-30(41)10-9-25-19-27(51)21-29(33(25)28)36-24(2)35-34(32-11-14-42-50(32)36)37(44-39(43-35)53-23-40-12-6-16-48(40)17-7-13-40)47-15-8-18-49-26(22-47)20-31(45-49)38(52)46(3)4/h5,9-11,14,19-21,51H,1,6-8,12-13,15-18,22-23H2,2-4H3. The first-order valence-electron chi connectivity index (χ1n) is 18.3. The lowest BCUT2D eigenvalue weighted by atomic mass is 9.93. The predicted octanol–water partition coefficient (Wildman–Crippen LogP) is 6.21. The van der Waals surface area contributed by atoms with Crippen LogP contribution < -0.4 is 9.64 Å². The van der Waals surface area contributed by atoms with Crippen molar-refractivity contribution in [1.29, 1.82) is 0 Å². The molecule has 0 unspecified atom stereocenters. The number of amides is 1. The lowest BCUT2D eigenvalue weighted by Gasteiger charge is -2.31. The average molecular weight is 716 g/mol. The first kappa shape index (κ1) is 33.3. The number of hydrogen-bond donors (Lipinski definition) is 1. The number of aromatic nitrogens is 6. The van der Waals surface area contributed by atoms with Crippen molar-refractivity contribution in [2.45, 2.75) is 57.7 Å². The molecule has 0 bridgehead atoms. The average Bonchev–Trinajstić information content (AvgIpc) is 3.93. The van der Waals surface area contributed by atoms with Crippen LogP contribution in [0, 0.1) is 12.7 Å². The minimum absolute atomic E-state index is 0.00971. The number of rotatable bonds is 7. The summed E-state index contributed by atoms with van der Waals surface area (Å²) in [6.07, 6.45) is 8.50. The van der Waals surface area contributed by atoms with Crippen molar-refractivity contribution >= 4 is 45.0 Å². The summed E-state index contributed by atoms with van der Waals surface area (Å²) in [7, 11) is 3.46. The van der Waals surface area contributed by atoms with Gasteiger partial charge in [-0.2, -0.15) is 20.2 Å². The summed E-state index contributed by atoms with van der Waals surface area (Å²) in [6, 6.07) is 10.4. The zero-order valence-corrected chi connectivity index (χ0v) is 30.3. The number of ether oxygens (including phenoxy) is 1.